The van der Waals surface area contributed by atoms with E-state index in [1.54, 1.807) is 0 Å². The molecule has 0 unspecified atom stereocenters. The van der Waals surface area contributed by atoms with E-state index in [4.69, 9.17) is 0 Å². The number of piperidine rings is 2. The molecule has 2 saturated heterocycles. The van der Waals surface area contributed by atoms with Crippen LogP contribution >= 0.6 is 0 Å². The molecule has 2 aliphatic carbocycles. The average molecular weight is 319 g/mol. The Bertz CT molecular complexity index is 505. The van der Waals surface area contributed by atoms with Crippen molar-refractivity contribution in [3.63, 3.8) is 0 Å². The molecule has 0 aromatic heterocycles. The van der Waals surface area contributed by atoms with Crippen LogP contribution in [0.25, 0.3) is 0 Å². The van der Waals surface area contributed by atoms with Gasteiger partial charge in [-0.15, -0.1) is 0 Å². The summed E-state index contributed by atoms with van der Waals surface area (Å²) in [4.78, 5) is 3.93. The molecule has 1 aromatic rings. The Hall–Kier alpha value is -1.02. The fraction of sp³-hybridized carbons (Fsp3) is 0.632. The summed E-state index contributed by atoms with van der Waals surface area (Å²) in [6, 6.07) is 12.5. The van der Waals surface area contributed by atoms with Crippen molar-refractivity contribution < 1.29 is 17.4 Å². The van der Waals surface area contributed by atoms with Gasteiger partial charge >= 0.3 is 0 Å². The zero-order valence-corrected chi connectivity index (χ0v) is 14.0. The van der Waals surface area contributed by atoms with Crippen molar-refractivity contribution >= 4 is 5.84 Å². The number of benzene rings is 1. The summed E-state index contributed by atoms with van der Waals surface area (Å²) < 4.78 is 0. The molecule has 2 atom stereocenters. The van der Waals surface area contributed by atoms with Crippen molar-refractivity contribution in [3.05, 3.63) is 35.9 Å². The molecule has 0 amide bonds. The summed E-state index contributed by atoms with van der Waals surface area (Å²) in [5.41, 5.74) is 1.50. The zero-order chi connectivity index (χ0) is 14.1. The molecule has 1 aromatic carbocycles. The van der Waals surface area contributed by atoms with Crippen molar-refractivity contribution in [3.8, 4) is 0 Å². The van der Waals surface area contributed by atoms with Gasteiger partial charge in [0.05, 0.1) is 18.0 Å². The molecule has 2 heterocycles. The molecule has 2 saturated carbocycles. The van der Waals surface area contributed by atoms with Crippen molar-refractivity contribution in [1.29, 1.82) is 0 Å². The van der Waals surface area contributed by atoms with Crippen molar-refractivity contribution in [2.24, 2.45) is 11.8 Å². The lowest BCUT2D eigenvalue weighted by molar-refractivity contribution is -0.515. The lowest BCUT2D eigenvalue weighted by atomic mass is 9.80. The minimum absolute atomic E-state index is 0. The summed E-state index contributed by atoms with van der Waals surface area (Å²) in [5.74, 6) is 3.09. The molecule has 0 radical (unpaired) electrons. The summed E-state index contributed by atoms with van der Waals surface area (Å²) in [6.45, 7) is 0. The van der Waals surface area contributed by atoms with Gasteiger partial charge in [-0.1, -0.05) is 30.3 Å². The third-order valence-corrected chi connectivity index (χ3v) is 5.84. The van der Waals surface area contributed by atoms with Gasteiger partial charge in [0.15, 0.2) is 0 Å². The van der Waals surface area contributed by atoms with E-state index in [1.807, 2.05) is 0 Å². The number of amidine groups is 1. The van der Waals surface area contributed by atoms with E-state index in [1.165, 1.54) is 62.8 Å². The van der Waals surface area contributed by atoms with E-state index >= 15 is 0 Å². The van der Waals surface area contributed by atoms with E-state index in [0.29, 0.717) is 6.04 Å². The van der Waals surface area contributed by atoms with E-state index in [9.17, 15) is 0 Å². The maximum atomic E-state index is 3.93. The second kappa shape index (κ2) is 7.04. The highest BCUT2D eigenvalue weighted by Gasteiger charge is 2.39. The quantitative estimate of drug-likeness (QED) is 0.738. The van der Waals surface area contributed by atoms with Gasteiger partial charge in [0.25, 0.3) is 0 Å². The largest absolute Gasteiger partial charge is 1.00 e. The Morgan fingerprint density at radius 3 is 2.41 bits per heavy atom. The van der Waals surface area contributed by atoms with Gasteiger partial charge in [-0.05, 0) is 56.9 Å². The van der Waals surface area contributed by atoms with Gasteiger partial charge < -0.3 is 12.4 Å². The van der Waals surface area contributed by atoms with E-state index in [-0.39, 0.29) is 12.4 Å². The van der Waals surface area contributed by atoms with Gasteiger partial charge in [0, 0.05) is 5.92 Å². The first-order valence-electron chi connectivity index (χ1n) is 8.82. The number of fused-ring (bicyclic) bond motifs is 3. The molecule has 22 heavy (non-hydrogen) atoms. The second-order valence-electron chi connectivity index (χ2n) is 7.24. The first kappa shape index (κ1) is 15.9. The van der Waals surface area contributed by atoms with Crippen LogP contribution in [0.5, 0.6) is 0 Å². The number of rotatable bonds is 3. The highest BCUT2D eigenvalue weighted by Crippen LogP contribution is 2.30. The van der Waals surface area contributed by atoms with E-state index < -0.39 is 0 Å². The lowest BCUT2D eigenvalue weighted by Crippen LogP contribution is -3.00. The smallest absolute Gasteiger partial charge is 0.246 e. The highest BCUT2D eigenvalue weighted by molar-refractivity contribution is 5.81. The maximum Gasteiger partial charge on any atom is 0.246 e. The van der Waals surface area contributed by atoms with Gasteiger partial charge in [-0.25, -0.2) is 0 Å². The van der Waals surface area contributed by atoms with Gasteiger partial charge in [0.1, 0.15) is 0 Å². The Morgan fingerprint density at radius 1 is 0.955 bits per heavy atom. The number of hydrogen-bond donors (Lipinski definition) is 2. The molecule has 3 heteroatoms. The van der Waals surface area contributed by atoms with Crippen LogP contribution in [-0.2, 0) is 6.42 Å². The van der Waals surface area contributed by atoms with Crippen LogP contribution in [0.3, 0.4) is 0 Å². The molecule has 2 nitrogen and oxygen atoms in total. The Labute approximate surface area is 140 Å². The van der Waals surface area contributed by atoms with Crippen LogP contribution in [-0.4, -0.2) is 17.9 Å². The zero-order valence-electron chi connectivity index (χ0n) is 13.2. The SMILES string of the molecule is [Cl-].c1ccc(C[C@@H]2CCC[C@@H]2[NH+]=C2NC3CCC2CC3)cc1. The maximum absolute atomic E-state index is 3.93. The van der Waals surface area contributed by atoms with Crippen molar-refractivity contribution in [2.45, 2.75) is 63.5 Å². The topological polar surface area (TPSA) is 26.0 Å². The minimum Gasteiger partial charge on any atom is -1.00 e. The molecule has 2 N–H and O–H groups in total. The Kier molecular flexibility index (Phi) is 5.07. The highest BCUT2D eigenvalue weighted by atomic mass is 35.5. The predicted octanol–water partition coefficient (Wildman–Crippen LogP) is -0.957. The molecular weight excluding hydrogens is 292 g/mol. The summed E-state index contributed by atoms with van der Waals surface area (Å²) >= 11 is 0. The van der Waals surface area contributed by atoms with Gasteiger partial charge in [0.2, 0.25) is 5.84 Å². The van der Waals surface area contributed by atoms with Crippen LogP contribution in [0.2, 0.25) is 0 Å². The van der Waals surface area contributed by atoms with Gasteiger partial charge in [-0.2, -0.15) is 0 Å². The van der Waals surface area contributed by atoms with Crippen LogP contribution < -0.4 is 22.7 Å². The Balaban J connectivity index is 0.00000144. The first-order valence-corrected chi connectivity index (χ1v) is 8.82. The van der Waals surface area contributed by atoms with Gasteiger partial charge in [-0.3, -0.25) is 10.3 Å². The molecule has 5 rings (SSSR count). The molecule has 4 aliphatic rings. The second-order valence-corrected chi connectivity index (χ2v) is 7.24. The molecule has 2 aliphatic heterocycles. The van der Waals surface area contributed by atoms with Crippen LogP contribution in [0, 0.1) is 11.8 Å². The average Bonchev–Trinajstić information content (AvgIpc) is 2.96. The fourth-order valence-electron chi connectivity index (χ4n) is 4.61. The van der Waals surface area contributed by atoms with E-state index in [0.717, 1.165) is 17.9 Å². The standard InChI is InChI=1S/C19H26N2.ClH/c1-2-5-14(6-3-1)13-16-7-4-8-18(16)21-19-15-9-11-17(20-19)12-10-15;/h1-3,5-6,15-18H,4,7-13H2,(H,20,21);1H/t15?,16-,17?,18-;/m0./s1. The summed E-state index contributed by atoms with van der Waals surface area (Å²) in [5, 5.41) is 3.77. The van der Waals surface area contributed by atoms with E-state index in [2.05, 4.69) is 40.6 Å². The minimum atomic E-state index is 0. The van der Waals surface area contributed by atoms with Crippen LogP contribution in [0.15, 0.2) is 30.3 Å². The van der Waals surface area contributed by atoms with Crippen LogP contribution in [0.1, 0.15) is 50.5 Å². The van der Waals surface area contributed by atoms with Crippen molar-refractivity contribution in [1.82, 2.24) is 5.32 Å². The molecule has 0 spiro atoms. The summed E-state index contributed by atoms with van der Waals surface area (Å²) in [6.07, 6.45) is 10.9. The number of hydrogen-bond acceptors (Lipinski definition) is 0. The normalized spacial score (nSPS) is 35.2. The third kappa shape index (κ3) is 3.32. The predicted molar refractivity (Wildman–Crippen MR) is 86.1 cm³/mol. The molecule has 4 fully saturated rings. The molecule has 2 bridgehead atoms. The first-order chi connectivity index (χ1) is 10.4. The number of halogens is 1. The fourth-order valence-corrected chi connectivity index (χ4v) is 4.61. The van der Waals surface area contributed by atoms with Crippen LogP contribution in [0.4, 0.5) is 0 Å². The number of nitrogens with one attached hydrogen (secondary N) is 2. The van der Waals surface area contributed by atoms with Crippen molar-refractivity contribution in [2.75, 3.05) is 0 Å². The third-order valence-electron chi connectivity index (χ3n) is 5.84. The molecule has 120 valence electrons. The monoisotopic (exact) mass is 318 g/mol. The Morgan fingerprint density at radius 2 is 1.73 bits per heavy atom. The summed E-state index contributed by atoms with van der Waals surface area (Å²) in [7, 11) is 0. The molecular formula is C19H27ClN2. The lowest BCUT2D eigenvalue weighted by Gasteiger charge is -2.34.